The summed E-state index contributed by atoms with van der Waals surface area (Å²) in [7, 11) is 0. The van der Waals surface area contributed by atoms with Gasteiger partial charge < -0.3 is 5.73 Å². The first-order chi connectivity index (χ1) is 6.07. The number of aryl methyl sites for hydroxylation is 1. The van der Waals surface area contributed by atoms with Gasteiger partial charge in [0.1, 0.15) is 5.82 Å². The summed E-state index contributed by atoms with van der Waals surface area (Å²) in [5.74, 6) is -0.912. The Bertz CT molecular complexity index is 313. The monoisotopic (exact) mass is 190 g/mol. The Morgan fingerprint density at radius 1 is 1.54 bits per heavy atom. The first-order valence-corrected chi connectivity index (χ1v) is 3.70. The summed E-state index contributed by atoms with van der Waals surface area (Å²) in [5.41, 5.74) is 4.49. The van der Waals surface area contributed by atoms with Gasteiger partial charge in [-0.3, -0.25) is 4.98 Å². The Balaban J connectivity index is 3.32. The Labute approximate surface area is 73.6 Å². The molecule has 2 nitrogen and oxygen atoms in total. The zero-order valence-corrected chi connectivity index (χ0v) is 7.02. The van der Waals surface area contributed by atoms with Gasteiger partial charge in [0.2, 0.25) is 0 Å². The first kappa shape index (κ1) is 9.98. The highest BCUT2D eigenvalue weighted by Crippen LogP contribution is 2.25. The Hall–Kier alpha value is -1.10. The summed E-state index contributed by atoms with van der Waals surface area (Å²) in [5, 5.41) is 0. The molecule has 72 valence electrons. The number of alkyl halides is 2. The van der Waals surface area contributed by atoms with Crippen LogP contribution in [0.25, 0.3) is 0 Å². The minimum atomic E-state index is -2.87. The van der Waals surface area contributed by atoms with E-state index in [1.54, 1.807) is 0 Å². The Kier molecular flexibility index (Phi) is 2.87. The van der Waals surface area contributed by atoms with Crippen LogP contribution in [0, 0.1) is 12.7 Å². The van der Waals surface area contributed by atoms with Crippen molar-refractivity contribution < 1.29 is 13.2 Å². The molecule has 2 N–H and O–H groups in total. The summed E-state index contributed by atoms with van der Waals surface area (Å²) in [4.78, 5) is 3.63. The number of aromatic nitrogens is 1. The van der Waals surface area contributed by atoms with Crippen LogP contribution < -0.4 is 5.73 Å². The second-order valence-corrected chi connectivity index (χ2v) is 2.62. The molecule has 1 aromatic rings. The summed E-state index contributed by atoms with van der Waals surface area (Å²) in [6.07, 6.45) is -1.67. The van der Waals surface area contributed by atoms with E-state index in [1.165, 1.54) is 13.1 Å². The van der Waals surface area contributed by atoms with Crippen LogP contribution in [0.1, 0.15) is 23.2 Å². The molecule has 0 saturated heterocycles. The molecular weight excluding hydrogens is 181 g/mol. The maximum atomic E-state index is 13.1. The molecule has 1 aromatic heterocycles. The van der Waals surface area contributed by atoms with Gasteiger partial charge in [0, 0.05) is 18.3 Å². The largest absolute Gasteiger partial charge is 0.325 e. The van der Waals surface area contributed by atoms with Crippen molar-refractivity contribution in [3.05, 3.63) is 28.8 Å². The van der Waals surface area contributed by atoms with E-state index in [1.807, 2.05) is 0 Å². The van der Waals surface area contributed by atoms with E-state index in [-0.39, 0.29) is 17.8 Å². The lowest BCUT2D eigenvalue weighted by Gasteiger charge is -2.08. The van der Waals surface area contributed by atoms with Crippen LogP contribution in [-0.4, -0.2) is 4.98 Å². The van der Waals surface area contributed by atoms with Crippen molar-refractivity contribution in [2.45, 2.75) is 19.9 Å². The molecule has 13 heavy (non-hydrogen) atoms. The molecule has 1 heterocycles. The van der Waals surface area contributed by atoms with Crippen LogP contribution in [0.4, 0.5) is 13.2 Å². The van der Waals surface area contributed by atoms with Gasteiger partial charge in [-0.15, -0.1) is 0 Å². The molecule has 0 atom stereocenters. The normalized spacial score (nSPS) is 10.9. The molecule has 1 rings (SSSR count). The minimum absolute atomic E-state index is 0.0851. The fourth-order valence-corrected chi connectivity index (χ4v) is 1.02. The molecule has 0 aliphatic carbocycles. The minimum Gasteiger partial charge on any atom is -0.325 e. The van der Waals surface area contributed by atoms with Gasteiger partial charge in [0.25, 0.3) is 6.43 Å². The van der Waals surface area contributed by atoms with Gasteiger partial charge in [0.05, 0.1) is 11.3 Å². The summed E-state index contributed by atoms with van der Waals surface area (Å²) in [6, 6.07) is 0. The van der Waals surface area contributed by atoms with Gasteiger partial charge >= 0.3 is 0 Å². The zero-order valence-electron chi connectivity index (χ0n) is 7.02. The van der Waals surface area contributed by atoms with Crippen molar-refractivity contribution in [2.24, 2.45) is 5.73 Å². The third-order valence-corrected chi connectivity index (χ3v) is 1.72. The molecule has 0 radical (unpaired) electrons. The first-order valence-electron chi connectivity index (χ1n) is 3.70. The molecule has 0 fully saturated rings. The molecule has 0 spiro atoms. The molecule has 0 aromatic carbocycles. The summed E-state index contributed by atoms with van der Waals surface area (Å²) >= 11 is 0. The quantitative estimate of drug-likeness (QED) is 0.773. The Morgan fingerprint density at radius 3 is 2.62 bits per heavy atom. The number of rotatable bonds is 2. The maximum Gasteiger partial charge on any atom is 0.268 e. The average Bonchev–Trinajstić information content (AvgIpc) is 2.08. The lowest BCUT2D eigenvalue weighted by molar-refractivity contribution is 0.144. The van der Waals surface area contributed by atoms with E-state index in [4.69, 9.17) is 5.73 Å². The Morgan fingerprint density at radius 2 is 2.15 bits per heavy atom. The molecule has 0 amide bonds. The van der Waals surface area contributed by atoms with E-state index in [2.05, 4.69) is 4.98 Å². The van der Waals surface area contributed by atoms with E-state index in [0.717, 1.165) is 0 Å². The highest BCUT2D eigenvalue weighted by molar-refractivity contribution is 5.27. The molecule has 0 bridgehead atoms. The SMILES string of the molecule is Cc1cnc(CN)c(C(F)F)c1F. The third kappa shape index (κ3) is 1.80. The molecule has 0 saturated carbocycles. The van der Waals surface area contributed by atoms with Crippen molar-refractivity contribution in [3.8, 4) is 0 Å². The second kappa shape index (κ2) is 3.74. The van der Waals surface area contributed by atoms with Crippen molar-refractivity contribution in [3.63, 3.8) is 0 Å². The highest BCUT2D eigenvalue weighted by Gasteiger charge is 2.20. The van der Waals surface area contributed by atoms with E-state index in [0.29, 0.717) is 0 Å². The van der Waals surface area contributed by atoms with Crippen molar-refractivity contribution in [1.82, 2.24) is 4.98 Å². The van der Waals surface area contributed by atoms with Crippen LogP contribution in [-0.2, 0) is 6.54 Å². The molecular formula is C8H9F3N2. The van der Waals surface area contributed by atoms with E-state index >= 15 is 0 Å². The highest BCUT2D eigenvalue weighted by atomic mass is 19.3. The number of hydrogen-bond acceptors (Lipinski definition) is 2. The van der Waals surface area contributed by atoms with Crippen LogP contribution in [0.5, 0.6) is 0 Å². The van der Waals surface area contributed by atoms with Gasteiger partial charge in [-0.25, -0.2) is 13.2 Å². The maximum absolute atomic E-state index is 13.1. The fraction of sp³-hybridized carbons (Fsp3) is 0.375. The predicted molar refractivity (Wildman–Crippen MR) is 41.8 cm³/mol. The number of halogens is 3. The number of nitrogens with zero attached hydrogens (tertiary/aromatic N) is 1. The topological polar surface area (TPSA) is 38.9 Å². The second-order valence-electron chi connectivity index (χ2n) is 2.62. The van der Waals surface area contributed by atoms with Gasteiger partial charge in [-0.1, -0.05) is 0 Å². The van der Waals surface area contributed by atoms with Gasteiger partial charge in [0.15, 0.2) is 0 Å². The predicted octanol–water partition coefficient (Wildman–Crippen LogP) is 1.93. The molecule has 0 unspecified atom stereocenters. The average molecular weight is 190 g/mol. The van der Waals surface area contributed by atoms with Gasteiger partial charge in [-0.05, 0) is 6.92 Å². The van der Waals surface area contributed by atoms with Gasteiger partial charge in [-0.2, -0.15) is 0 Å². The van der Waals surface area contributed by atoms with E-state index in [9.17, 15) is 13.2 Å². The van der Waals surface area contributed by atoms with Crippen LogP contribution in [0.3, 0.4) is 0 Å². The lowest BCUT2D eigenvalue weighted by atomic mass is 10.1. The van der Waals surface area contributed by atoms with Crippen molar-refractivity contribution in [2.75, 3.05) is 0 Å². The van der Waals surface area contributed by atoms with Crippen LogP contribution in [0.15, 0.2) is 6.20 Å². The molecule has 0 aliphatic rings. The standard InChI is InChI=1S/C8H9F3N2/c1-4-3-13-5(2-12)6(7(4)9)8(10)11/h3,8H,2,12H2,1H3. The van der Waals surface area contributed by atoms with Crippen LogP contribution in [0.2, 0.25) is 0 Å². The third-order valence-electron chi connectivity index (χ3n) is 1.72. The van der Waals surface area contributed by atoms with E-state index < -0.39 is 17.8 Å². The number of nitrogens with two attached hydrogens (primary N) is 1. The number of hydrogen-bond donors (Lipinski definition) is 1. The molecule has 0 aliphatic heterocycles. The van der Waals surface area contributed by atoms with Crippen molar-refractivity contribution >= 4 is 0 Å². The summed E-state index contributed by atoms with van der Waals surface area (Å²) in [6.45, 7) is 1.20. The summed E-state index contributed by atoms with van der Waals surface area (Å²) < 4.78 is 37.8. The fourth-order valence-electron chi connectivity index (χ4n) is 1.02. The number of pyridine rings is 1. The smallest absolute Gasteiger partial charge is 0.268 e. The lowest BCUT2D eigenvalue weighted by Crippen LogP contribution is -2.08. The molecule has 5 heteroatoms. The van der Waals surface area contributed by atoms with Crippen molar-refractivity contribution in [1.29, 1.82) is 0 Å². The van der Waals surface area contributed by atoms with Crippen LogP contribution >= 0.6 is 0 Å². The zero-order chi connectivity index (χ0) is 10.0.